The first-order valence-electron chi connectivity index (χ1n) is 6.54. The molecule has 0 radical (unpaired) electrons. The van der Waals surface area contributed by atoms with Gasteiger partial charge in [0.2, 0.25) is 5.91 Å². The van der Waals surface area contributed by atoms with Crippen LogP contribution in [0.4, 0.5) is 4.79 Å². The fourth-order valence-electron chi connectivity index (χ4n) is 1.97. The molecule has 1 atom stereocenters. The van der Waals surface area contributed by atoms with Crippen molar-refractivity contribution in [1.82, 2.24) is 15.5 Å². The molecule has 0 bridgehead atoms. The van der Waals surface area contributed by atoms with Gasteiger partial charge in [-0.05, 0) is 26.2 Å². The van der Waals surface area contributed by atoms with Crippen molar-refractivity contribution in [2.24, 2.45) is 0 Å². The zero-order chi connectivity index (χ0) is 15.2. The number of nitrogens with one attached hydrogen (secondary N) is 2. The van der Waals surface area contributed by atoms with Gasteiger partial charge in [-0.15, -0.1) is 0 Å². The van der Waals surface area contributed by atoms with E-state index in [1.54, 1.807) is 11.8 Å². The van der Waals surface area contributed by atoms with Crippen molar-refractivity contribution in [3.63, 3.8) is 0 Å². The van der Waals surface area contributed by atoms with E-state index < -0.39 is 24.0 Å². The summed E-state index contributed by atoms with van der Waals surface area (Å²) in [5, 5.41) is 22.9. The Balaban J connectivity index is 2.32. The van der Waals surface area contributed by atoms with Gasteiger partial charge in [0.25, 0.3) is 0 Å². The third kappa shape index (κ3) is 5.87. The Labute approximate surface area is 117 Å². The van der Waals surface area contributed by atoms with Crippen LogP contribution >= 0.6 is 0 Å². The Morgan fingerprint density at radius 1 is 1.15 bits per heavy atom. The molecule has 1 saturated heterocycles. The summed E-state index contributed by atoms with van der Waals surface area (Å²) in [6, 6.07) is -0.381. The van der Waals surface area contributed by atoms with Crippen LogP contribution in [0.3, 0.4) is 0 Å². The monoisotopic (exact) mass is 287 g/mol. The van der Waals surface area contributed by atoms with Gasteiger partial charge in [-0.2, -0.15) is 0 Å². The number of carboxylic acids is 1. The summed E-state index contributed by atoms with van der Waals surface area (Å²) in [6.07, 6.45) is 1.83. The van der Waals surface area contributed by atoms with Crippen molar-refractivity contribution >= 4 is 17.9 Å². The molecular formula is C12H21N3O5. The van der Waals surface area contributed by atoms with Crippen LogP contribution in [0.25, 0.3) is 0 Å². The Morgan fingerprint density at radius 3 is 2.50 bits per heavy atom. The number of amides is 3. The molecule has 3 amide bonds. The van der Waals surface area contributed by atoms with Crippen LogP contribution in [0, 0.1) is 0 Å². The fourth-order valence-corrected chi connectivity index (χ4v) is 1.97. The van der Waals surface area contributed by atoms with Gasteiger partial charge in [0, 0.05) is 13.1 Å². The summed E-state index contributed by atoms with van der Waals surface area (Å²) in [4.78, 5) is 34.9. The smallest absolute Gasteiger partial charge is 0.322 e. The molecule has 1 heterocycles. The number of carbonyl (C=O) groups excluding carboxylic acids is 2. The molecule has 0 aliphatic carbocycles. The van der Waals surface area contributed by atoms with Gasteiger partial charge in [0.15, 0.2) is 0 Å². The quantitative estimate of drug-likeness (QED) is 0.536. The topological polar surface area (TPSA) is 119 Å². The lowest BCUT2D eigenvalue weighted by atomic mass is 9.98. The van der Waals surface area contributed by atoms with Crippen LogP contribution in [0.5, 0.6) is 0 Å². The Morgan fingerprint density at radius 2 is 1.85 bits per heavy atom. The average molecular weight is 287 g/mol. The molecule has 0 saturated carbocycles. The summed E-state index contributed by atoms with van der Waals surface area (Å²) in [5.74, 6) is -1.69. The maximum absolute atomic E-state index is 11.8. The predicted octanol–water partition coefficient (Wildman–Crippen LogP) is -0.866. The van der Waals surface area contributed by atoms with Crippen molar-refractivity contribution in [3.8, 4) is 0 Å². The van der Waals surface area contributed by atoms with Crippen LogP contribution in [0.1, 0.15) is 26.2 Å². The Hall–Kier alpha value is -1.83. The zero-order valence-electron chi connectivity index (χ0n) is 11.5. The number of hydrogen-bond donors (Lipinski definition) is 4. The van der Waals surface area contributed by atoms with E-state index in [0.29, 0.717) is 32.4 Å². The second kappa shape index (κ2) is 7.09. The molecular weight excluding hydrogens is 266 g/mol. The lowest BCUT2D eigenvalue weighted by molar-refractivity contribution is -0.137. The molecule has 1 rings (SSSR count). The van der Waals surface area contributed by atoms with Gasteiger partial charge in [0.1, 0.15) is 6.54 Å². The molecule has 1 unspecified atom stereocenters. The van der Waals surface area contributed by atoms with Gasteiger partial charge in [-0.3, -0.25) is 9.59 Å². The first-order valence-corrected chi connectivity index (χ1v) is 6.54. The van der Waals surface area contributed by atoms with Crippen LogP contribution in [-0.4, -0.2) is 64.8 Å². The number of urea groups is 1. The van der Waals surface area contributed by atoms with Crippen molar-refractivity contribution in [2.75, 3.05) is 26.2 Å². The zero-order valence-corrected chi connectivity index (χ0v) is 11.5. The van der Waals surface area contributed by atoms with Gasteiger partial charge < -0.3 is 25.7 Å². The predicted molar refractivity (Wildman–Crippen MR) is 70.1 cm³/mol. The van der Waals surface area contributed by atoms with E-state index in [-0.39, 0.29) is 12.6 Å². The molecule has 1 aliphatic heterocycles. The fraction of sp³-hybridized carbons (Fsp3) is 0.750. The van der Waals surface area contributed by atoms with E-state index >= 15 is 0 Å². The largest absolute Gasteiger partial charge is 0.480 e. The lowest BCUT2D eigenvalue weighted by Crippen LogP contribution is -2.45. The molecule has 0 aromatic carbocycles. The molecule has 0 aromatic rings. The molecule has 0 aromatic heterocycles. The molecule has 20 heavy (non-hydrogen) atoms. The summed E-state index contributed by atoms with van der Waals surface area (Å²) in [7, 11) is 0. The summed E-state index contributed by atoms with van der Waals surface area (Å²) in [5.41, 5.74) is -0.756. The molecule has 1 fully saturated rings. The number of carboxylic acid groups (broad SMARTS) is 1. The highest BCUT2D eigenvalue weighted by atomic mass is 16.4. The van der Waals surface area contributed by atoms with Gasteiger partial charge in [0.05, 0.1) is 12.1 Å². The van der Waals surface area contributed by atoms with E-state index in [9.17, 15) is 19.5 Å². The van der Waals surface area contributed by atoms with E-state index in [1.165, 1.54) is 0 Å². The minimum absolute atomic E-state index is 0.265. The van der Waals surface area contributed by atoms with E-state index in [0.717, 1.165) is 0 Å². The summed E-state index contributed by atoms with van der Waals surface area (Å²) >= 11 is 0. The number of carbonyl (C=O) groups is 3. The van der Waals surface area contributed by atoms with Crippen LogP contribution in [0.2, 0.25) is 0 Å². The number of nitrogens with zero attached hydrogens (tertiary/aromatic N) is 1. The second-order valence-corrected chi connectivity index (χ2v) is 5.17. The SMILES string of the molecule is CC1(O)CCCN(C(=O)NCC(=O)NCC(=O)O)CC1. The van der Waals surface area contributed by atoms with Gasteiger partial charge >= 0.3 is 12.0 Å². The number of rotatable bonds is 4. The van der Waals surface area contributed by atoms with Gasteiger partial charge in [-0.1, -0.05) is 0 Å². The van der Waals surface area contributed by atoms with E-state index in [1.807, 2.05) is 0 Å². The van der Waals surface area contributed by atoms with Crippen LogP contribution in [0.15, 0.2) is 0 Å². The van der Waals surface area contributed by atoms with Gasteiger partial charge in [-0.25, -0.2) is 4.79 Å². The Kier molecular flexibility index (Phi) is 5.75. The first kappa shape index (κ1) is 16.2. The summed E-state index contributed by atoms with van der Waals surface area (Å²) in [6.45, 7) is 1.96. The van der Waals surface area contributed by atoms with E-state index in [4.69, 9.17) is 5.11 Å². The van der Waals surface area contributed by atoms with Crippen LogP contribution < -0.4 is 10.6 Å². The minimum Gasteiger partial charge on any atom is -0.480 e. The number of aliphatic hydroxyl groups is 1. The van der Waals surface area contributed by atoms with Crippen molar-refractivity contribution < 1.29 is 24.6 Å². The minimum atomic E-state index is -1.14. The number of hydrogen-bond acceptors (Lipinski definition) is 4. The van der Waals surface area contributed by atoms with Crippen molar-refractivity contribution in [2.45, 2.75) is 31.8 Å². The normalized spacial score (nSPS) is 22.8. The average Bonchev–Trinajstić information content (AvgIpc) is 2.54. The molecule has 114 valence electrons. The third-order valence-electron chi connectivity index (χ3n) is 3.19. The highest BCUT2D eigenvalue weighted by molar-refractivity contribution is 5.86. The Bertz CT molecular complexity index is 383. The highest BCUT2D eigenvalue weighted by Crippen LogP contribution is 2.21. The van der Waals surface area contributed by atoms with E-state index in [2.05, 4.69) is 10.6 Å². The molecule has 4 N–H and O–H groups in total. The van der Waals surface area contributed by atoms with Crippen molar-refractivity contribution in [1.29, 1.82) is 0 Å². The second-order valence-electron chi connectivity index (χ2n) is 5.17. The number of likely N-dealkylation sites (tertiary alicyclic amines) is 1. The molecule has 8 nitrogen and oxygen atoms in total. The third-order valence-corrected chi connectivity index (χ3v) is 3.19. The maximum Gasteiger partial charge on any atom is 0.322 e. The summed E-state index contributed by atoms with van der Waals surface area (Å²) < 4.78 is 0. The first-order chi connectivity index (χ1) is 9.30. The molecule has 8 heteroatoms. The molecule has 1 aliphatic rings. The van der Waals surface area contributed by atoms with Crippen LogP contribution in [-0.2, 0) is 9.59 Å². The standard InChI is InChI=1S/C12H21N3O5/c1-12(20)3-2-5-15(6-4-12)11(19)14-7-9(16)13-8-10(17)18/h20H,2-8H2,1H3,(H,13,16)(H,14,19)(H,17,18). The van der Waals surface area contributed by atoms with Crippen molar-refractivity contribution in [3.05, 3.63) is 0 Å². The number of aliphatic carboxylic acids is 1. The highest BCUT2D eigenvalue weighted by Gasteiger charge is 2.27. The lowest BCUT2D eigenvalue weighted by Gasteiger charge is -2.22. The maximum atomic E-state index is 11.8. The molecule has 0 spiro atoms.